The first-order valence-corrected chi connectivity index (χ1v) is 7.85. The van der Waals surface area contributed by atoms with Crippen molar-refractivity contribution >= 4 is 11.6 Å². The molecule has 1 aliphatic rings. The minimum atomic E-state index is -0.759. The summed E-state index contributed by atoms with van der Waals surface area (Å²) in [5.41, 5.74) is 4.32. The van der Waals surface area contributed by atoms with Crippen molar-refractivity contribution in [1.82, 2.24) is 14.5 Å². The first-order valence-electron chi connectivity index (χ1n) is 7.85. The number of carbonyl (C=O) groups excluding carboxylic acids is 1. The SMILES string of the molecule is COCCn1c(N)c(C(=O)CN2CC(C)OCC2C)c(=O)[nH]c1=O. The van der Waals surface area contributed by atoms with Crippen molar-refractivity contribution in [2.24, 2.45) is 0 Å². The van der Waals surface area contributed by atoms with Crippen LogP contribution in [0.25, 0.3) is 0 Å². The van der Waals surface area contributed by atoms with Crippen LogP contribution in [-0.2, 0) is 16.0 Å². The Bertz CT molecular complexity index is 711. The third-order valence-corrected chi connectivity index (χ3v) is 4.12. The van der Waals surface area contributed by atoms with Gasteiger partial charge < -0.3 is 15.2 Å². The normalized spacial score (nSPS) is 21.8. The number of nitrogens with two attached hydrogens (primary N) is 1. The Hall–Kier alpha value is -1.97. The minimum absolute atomic E-state index is 0.0142. The number of rotatable bonds is 6. The van der Waals surface area contributed by atoms with Crippen molar-refractivity contribution in [2.45, 2.75) is 32.5 Å². The van der Waals surface area contributed by atoms with Gasteiger partial charge in [-0.25, -0.2) is 4.79 Å². The molecule has 0 aliphatic carbocycles. The maximum atomic E-state index is 12.6. The lowest BCUT2D eigenvalue weighted by atomic mass is 10.1. The average Bonchev–Trinajstić information content (AvgIpc) is 2.50. The fourth-order valence-corrected chi connectivity index (χ4v) is 2.72. The van der Waals surface area contributed by atoms with Crippen molar-refractivity contribution in [2.75, 3.05) is 39.1 Å². The summed E-state index contributed by atoms with van der Waals surface area (Å²) >= 11 is 0. The van der Waals surface area contributed by atoms with Crippen LogP contribution in [0.3, 0.4) is 0 Å². The monoisotopic (exact) mass is 340 g/mol. The first kappa shape index (κ1) is 18.4. The van der Waals surface area contributed by atoms with Crippen molar-refractivity contribution in [3.63, 3.8) is 0 Å². The van der Waals surface area contributed by atoms with E-state index in [9.17, 15) is 14.4 Å². The van der Waals surface area contributed by atoms with Crippen LogP contribution < -0.4 is 17.0 Å². The standard InChI is InChI=1S/C15H24N4O5/c1-9-8-24-10(2)6-18(9)7-11(20)12-13(16)19(4-5-23-3)15(22)17-14(12)21/h9-10H,4-8,16H2,1-3H3,(H,17,21,22). The van der Waals surface area contributed by atoms with Crippen LogP contribution in [0.5, 0.6) is 0 Å². The summed E-state index contributed by atoms with van der Waals surface area (Å²) in [4.78, 5) is 40.6. The molecule has 0 bridgehead atoms. The Kier molecular flexibility index (Phi) is 5.92. The molecule has 9 heteroatoms. The van der Waals surface area contributed by atoms with Gasteiger partial charge in [0.05, 0.1) is 32.4 Å². The van der Waals surface area contributed by atoms with Gasteiger partial charge in [-0.3, -0.25) is 24.0 Å². The molecular formula is C15H24N4O5. The maximum Gasteiger partial charge on any atom is 0.330 e. The number of aromatic amines is 1. The van der Waals surface area contributed by atoms with Crippen molar-refractivity contribution < 1.29 is 14.3 Å². The second-order valence-electron chi connectivity index (χ2n) is 6.01. The van der Waals surface area contributed by atoms with Gasteiger partial charge in [-0.1, -0.05) is 0 Å². The number of anilines is 1. The molecule has 2 atom stereocenters. The lowest BCUT2D eigenvalue weighted by Gasteiger charge is -2.36. The van der Waals surface area contributed by atoms with Gasteiger partial charge in [-0.05, 0) is 13.8 Å². The molecule has 0 saturated carbocycles. The number of H-pyrrole nitrogens is 1. The van der Waals surface area contributed by atoms with Gasteiger partial charge in [0.1, 0.15) is 11.4 Å². The molecule has 0 spiro atoms. The number of nitrogens with zero attached hydrogens (tertiary/aromatic N) is 2. The third kappa shape index (κ3) is 3.92. The number of nitrogen functional groups attached to an aromatic ring is 1. The topological polar surface area (TPSA) is 120 Å². The molecule has 2 unspecified atom stereocenters. The van der Waals surface area contributed by atoms with E-state index in [-0.39, 0.29) is 43.2 Å². The summed E-state index contributed by atoms with van der Waals surface area (Å²) in [5.74, 6) is -0.541. The zero-order valence-electron chi connectivity index (χ0n) is 14.2. The minimum Gasteiger partial charge on any atom is -0.384 e. The summed E-state index contributed by atoms with van der Waals surface area (Å²) < 4.78 is 11.6. The van der Waals surface area contributed by atoms with E-state index in [1.165, 1.54) is 7.11 Å². The van der Waals surface area contributed by atoms with Crippen LogP contribution in [0.2, 0.25) is 0 Å². The predicted molar refractivity (Wildman–Crippen MR) is 88.4 cm³/mol. The molecule has 0 radical (unpaired) electrons. The predicted octanol–water partition coefficient (Wildman–Crippen LogP) is -0.943. The molecule has 1 aromatic heterocycles. The summed E-state index contributed by atoms with van der Waals surface area (Å²) in [5, 5.41) is 0. The Morgan fingerprint density at radius 3 is 2.79 bits per heavy atom. The Labute approximate surface area is 139 Å². The summed E-state index contributed by atoms with van der Waals surface area (Å²) in [7, 11) is 1.49. The lowest BCUT2D eigenvalue weighted by Crippen LogP contribution is -2.50. The van der Waals surface area contributed by atoms with E-state index in [2.05, 4.69) is 4.98 Å². The molecule has 1 saturated heterocycles. The fraction of sp³-hybridized carbons (Fsp3) is 0.667. The zero-order chi connectivity index (χ0) is 17.9. The van der Waals surface area contributed by atoms with Gasteiger partial charge in [-0.2, -0.15) is 0 Å². The van der Waals surface area contributed by atoms with E-state index in [0.717, 1.165) is 4.57 Å². The highest BCUT2D eigenvalue weighted by atomic mass is 16.5. The van der Waals surface area contributed by atoms with Gasteiger partial charge >= 0.3 is 5.69 Å². The molecule has 9 nitrogen and oxygen atoms in total. The van der Waals surface area contributed by atoms with E-state index < -0.39 is 17.0 Å². The maximum absolute atomic E-state index is 12.6. The first-order chi connectivity index (χ1) is 11.3. The number of methoxy groups -OCH3 is 1. The van der Waals surface area contributed by atoms with E-state index in [1.54, 1.807) is 0 Å². The third-order valence-electron chi connectivity index (χ3n) is 4.12. The average molecular weight is 340 g/mol. The van der Waals surface area contributed by atoms with E-state index in [0.29, 0.717) is 13.2 Å². The number of carbonyl (C=O) groups is 1. The summed E-state index contributed by atoms with van der Waals surface area (Å²) in [6.45, 7) is 5.43. The molecule has 1 aliphatic heterocycles. The number of hydrogen-bond acceptors (Lipinski definition) is 7. The van der Waals surface area contributed by atoms with E-state index in [1.807, 2.05) is 18.7 Å². The van der Waals surface area contributed by atoms with Gasteiger partial charge in [0.15, 0.2) is 5.78 Å². The number of Topliss-reactive ketones (excluding diaryl/α,β-unsaturated/α-hetero) is 1. The van der Waals surface area contributed by atoms with Gasteiger partial charge in [0, 0.05) is 19.7 Å². The van der Waals surface area contributed by atoms with E-state index >= 15 is 0 Å². The summed E-state index contributed by atoms with van der Waals surface area (Å²) in [6, 6.07) is 0.0600. The molecule has 3 N–H and O–H groups in total. The van der Waals surface area contributed by atoms with Crippen molar-refractivity contribution in [3.8, 4) is 0 Å². The van der Waals surface area contributed by atoms with Crippen LogP contribution in [0, 0.1) is 0 Å². The highest BCUT2D eigenvalue weighted by molar-refractivity contribution is 6.01. The molecular weight excluding hydrogens is 316 g/mol. The largest absolute Gasteiger partial charge is 0.384 e. The number of morpholine rings is 1. The fourth-order valence-electron chi connectivity index (χ4n) is 2.72. The van der Waals surface area contributed by atoms with Crippen LogP contribution in [0.1, 0.15) is 24.2 Å². The quantitative estimate of drug-likeness (QED) is 0.641. The van der Waals surface area contributed by atoms with Crippen LogP contribution in [-0.4, -0.2) is 65.8 Å². The Morgan fingerprint density at radius 1 is 1.42 bits per heavy atom. The number of ether oxygens (including phenoxy) is 2. The lowest BCUT2D eigenvalue weighted by molar-refractivity contribution is -0.0460. The number of hydrogen-bond donors (Lipinski definition) is 2. The molecule has 24 heavy (non-hydrogen) atoms. The molecule has 2 rings (SSSR count). The molecule has 0 amide bonds. The highest BCUT2D eigenvalue weighted by Gasteiger charge is 2.28. The molecule has 134 valence electrons. The van der Waals surface area contributed by atoms with Gasteiger partial charge in [0.25, 0.3) is 5.56 Å². The van der Waals surface area contributed by atoms with Crippen molar-refractivity contribution in [1.29, 1.82) is 0 Å². The smallest absolute Gasteiger partial charge is 0.330 e. The second-order valence-corrected chi connectivity index (χ2v) is 6.01. The van der Waals surface area contributed by atoms with Gasteiger partial charge in [-0.15, -0.1) is 0 Å². The number of nitrogens with one attached hydrogen (secondary N) is 1. The van der Waals surface area contributed by atoms with Crippen LogP contribution >= 0.6 is 0 Å². The molecule has 1 fully saturated rings. The summed E-state index contributed by atoms with van der Waals surface area (Å²) in [6.07, 6.45) is 0.0142. The highest BCUT2D eigenvalue weighted by Crippen LogP contribution is 2.13. The van der Waals surface area contributed by atoms with Crippen LogP contribution in [0.15, 0.2) is 9.59 Å². The zero-order valence-corrected chi connectivity index (χ0v) is 14.2. The molecule has 1 aromatic rings. The number of ketones is 1. The number of aromatic nitrogens is 2. The van der Waals surface area contributed by atoms with Crippen molar-refractivity contribution in [3.05, 3.63) is 26.4 Å². The second kappa shape index (κ2) is 7.73. The van der Waals surface area contributed by atoms with Crippen LogP contribution in [0.4, 0.5) is 5.82 Å². The molecule has 2 heterocycles. The Balaban J connectivity index is 2.28. The van der Waals surface area contributed by atoms with Gasteiger partial charge in [0.2, 0.25) is 0 Å². The van der Waals surface area contributed by atoms with E-state index in [4.69, 9.17) is 15.2 Å². The molecule has 0 aromatic carbocycles. The Morgan fingerprint density at radius 2 is 2.12 bits per heavy atom.